The summed E-state index contributed by atoms with van der Waals surface area (Å²) in [5.41, 5.74) is 25.7. The molecule has 0 saturated carbocycles. The third kappa shape index (κ3) is 10.3. The average Bonchev–Trinajstić information content (AvgIpc) is 4.00. The van der Waals surface area contributed by atoms with E-state index < -0.39 is 16.1 Å². The first-order chi connectivity index (χ1) is 29.4. The van der Waals surface area contributed by atoms with Crippen LogP contribution < -0.4 is 0 Å². The molecule has 5 aromatic rings. The number of aromatic amines is 2. The molecule has 0 atom stereocenters. The highest BCUT2D eigenvalue weighted by atomic mass is 28.3. The zero-order valence-corrected chi connectivity index (χ0v) is 44.0. The molecule has 0 unspecified atom stereocenters. The van der Waals surface area contributed by atoms with Gasteiger partial charge in [-0.3, -0.25) is 0 Å². The minimum absolute atomic E-state index is 0.0640. The van der Waals surface area contributed by atoms with Crippen molar-refractivity contribution in [2.75, 3.05) is 0 Å². The van der Waals surface area contributed by atoms with Crippen molar-refractivity contribution in [1.29, 1.82) is 0 Å². The van der Waals surface area contributed by atoms with Gasteiger partial charge in [-0.1, -0.05) is 171 Å². The number of nitrogens with one attached hydrogen (secondary N) is 2. The molecule has 2 aromatic carbocycles. The second-order valence-electron chi connectivity index (χ2n) is 24.1. The first kappa shape index (κ1) is 46.6. The summed E-state index contributed by atoms with van der Waals surface area (Å²) in [4.78, 5) is 18.8. The Balaban J connectivity index is 1.75. The van der Waals surface area contributed by atoms with Crippen molar-refractivity contribution < 1.29 is 0 Å². The molecule has 7 rings (SSSR count). The average molecular weight is 879 g/mol. The lowest BCUT2D eigenvalue weighted by Gasteiger charge is -2.26. The highest BCUT2D eigenvalue weighted by molar-refractivity contribution is 6.84. The van der Waals surface area contributed by atoms with E-state index in [1.165, 1.54) is 22.3 Å². The van der Waals surface area contributed by atoms with E-state index >= 15 is 0 Å². The zero-order chi connectivity index (χ0) is 46.9. The molecule has 0 fully saturated rings. The Morgan fingerprint density at radius 2 is 0.703 bits per heavy atom. The van der Waals surface area contributed by atoms with Gasteiger partial charge in [0.25, 0.3) is 0 Å². The van der Waals surface area contributed by atoms with Crippen molar-refractivity contribution in [2.45, 2.75) is 144 Å². The number of nitrogens with zero attached hydrogens (tertiary/aromatic N) is 2. The highest BCUT2D eigenvalue weighted by Crippen LogP contribution is 2.40. The SMILES string of the molecule is CC(C)(C)c1cc(-c2c3nc(c(C#C[Si](C)(C)C)c4nc(c(C#C[Si](C)(C)C)c5ccc([nH]5)c(-c5cc(C(C)(C)C)cc(C(C)(C)C)c5)c5ccc2[nH]5)C=C4)C=C3)cc(C(C)(C)C)c1. The fourth-order valence-corrected chi connectivity index (χ4v) is 8.86. The molecule has 5 heterocycles. The Morgan fingerprint density at radius 3 is 1.11 bits per heavy atom. The zero-order valence-electron chi connectivity index (χ0n) is 42.0. The van der Waals surface area contributed by atoms with E-state index in [0.29, 0.717) is 0 Å². The summed E-state index contributed by atoms with van der Waals surface area (Å²) in [6.45, 7) is 41.4. The molecule has 64 heavy (non-hydrogen) atoms. The molecular formula is C58H70N4Si2. The summed E-state index contributed by atoms with van der Waals surface area (Å²) in [6, 6.07) is 23.2. The fourth-order valence-electron chi connectivity index (χ4n) is 7.86. The van der Waals surface area contributed by atoms with E-state index in [1.54, 1.807) is 0 Å². The van der Waals surface area contributed by atoms with Gasteiger partial charge in [0, 0.05) is 27.7 Å². The van der Waals surface area contributed by atoms with Crippen LogP contribution in [0, 0.1) is 22.9 Å². The van der Waals surface area contributed by atoms with E-state index in [4.69, 9.17) is 9.97 Å². The number of benzene rings is 2. The van der Waals surface area contributed by atoms with E-state index in [2.05, 4.69) is 240 Å². The molecule has 4 nitrogen and oxygen atoms in total. The summed E-state index contributed by atoms with van der Waals surface area (Å²) in [6.07, 6.45) is 8.51. The number of hydrogen-bond donors (Lipinski definition) is 2. The normalized spacial score (nSPS) is 13.4. The Labute approximate surface area is 386 Å². The van der Waals surface area contributed by atoms with Crippen LogP contribution in [0.25, 0.3) is 68.6 Å². The maximum absolute atomic E-state index is 5.52. The number of aromatic nitrogens is 4. The summed E-state index contributed by atoms with van der Waals surface area (Å²) in [5, 5.41) is 0. The minimum atomic E-state index is -1.78. The molecule has 6 heteroatoms. The predicted octanol–water partition coefficient (Wildman–Crippen LogP) is 15.6. The number of H-pyrrole nitrogens is 2. The van der Waals surface area contributed by atoms with Crippen LogP contribution in [0.1, 0.15) is 139 Å². The molecule has 0 aliphatic carbocycles. The summed E-state index contributed by atoms with van der Waals surface area (Å²) >= 11 is 0. The lowest BCUT2D eigenvalue weighted by atomic mass is 9.79. The van der Waals surface area contributed by atoms with E-state index in [0.717, 1.165) is 78.2 Å². The van der Waals surface area contributed by atoms with Gasteiger partial charge < -0.3 is 9.97 Å². The van der Waals surface area contributed by atoms with Crippen LogP contribution in [-0.2, 0) is 21.7 Å². The van der Waals surface area contributed by atoms with Gasteiger partial charge >= 0.3 is 0 Å². The molecule has 0 amide bonds. The monoisotopic (exact) mass is 879 g/mol. The molecule has 8 bridgehead atoms. The van der Waals surface area contributed by atoms with Crippen LogP contribution in [0.3, 0.4) is 0 Å². The van der Waals surface area contributed by atoms with Gasteiger partial charge in [-0.2, -0.15) is 0 Å². The summed E-state index contributed by atoms with van der Waals surface area (Å²) in [7, 11) is -3.55. The van der Waals surface area contributed by atoms with Crippen LogP contribution >= 0.6 is 0 Å². The third-order valence-electron chi connectivity index (χ3n) is 11.8. The molecular weight excluding hydrogens is 809 g/mol. The summed E-state index contributed by atoms with van der Waals surface area (Å²) < 4.78 is 0. The molecule has 0 radical (unpaired) electrons. The van der Waals surface area contributed by atoms with Crippen LogP contribution in [0.15, 0.2) is 60.7 Å². The quantitative estimate of drug-likeness (QED) is 0.134. The van der Waals surface area contributed by atoms with E-state index in [-0.39, 0.29) is 21.7 Å². The topological polar surface area (TPSA) is 57.4 Å². The van der Waals surface area contributed by atoms with E-state index in [1.807, 2.05) is 0 Å². The Kier molecular flexibility index (Phi) is 11.8. The molecule has 330 valence electrons. The van der Waals surface area contributed by atoms with Crippen LogP contribution in [0.4, 0.5) is 0 Å². The van der Waals surface area contributed by atoms with Gasteiger partial charge in [-0.05, 0) is 104 Å². The maximum Gasteiger partial charge on any atom is 0.129 e. The van der Waals surface area contributed by atoms with Gasteiger partial charge in [0.1, 0.15) is 16.1 Å². The number of fused-ring (bicyclic) bond motifs is 8. The van der Waals surface area contributed by atoms with Gasteiger partial charge in [-0.15, -0.1) is 11.1 Å². The first-order valence-electron chi connectivity index (χ1n) is 23.0. The van der Waals surface area contributed by atoms with Gasteiger partial charge in [-0.25, -0.2) is 9.97 Å². The van der Waals surface area contributed by atoms with Crippen LogP contribution in [0.2, 0.25) is 39.3 Å². The van der Waals surface area contributed by atoms with Crippen LogP contribution in [-0.4, -0.2) is 36.1 Å². The summed E-state index contributed by atoms with van der Waals surface area (Å²) in [5.74, 6) is 7.28. The predicted molar refractivity (Wildman–Crippen MR) is 285 cm³/mol. The van der Waals surface area contributed by atoms with Gasteiger partial charge in [0.15, 0.2) is 0 Å². The van der Waals surface area contributed by atoms with Gasteiger partial charge in [0.2, 0.25) is 0 Å². The van der Waals surface area contributed by atoms with Gasteiger partial charge in [0.05, 0.1) is 39.4 Å². The maximum atomic E-state index is 5.52. The minimum Gasteiger partial charge on any atom is -0.354 e. The highest BCUT2D eigenvalue weighted by Gasteiger charge is 2.26. The fraction of sp³-hybridized carbons (Fsp3) is 0.379. The number of rotatable bonds is 2. The van der Waals surface area contributed by atoms with Crippen molar-refractivity contribution in [3.63, 3.8) is 0 Å². The Morgan fingerprint density at radius 1 is 0.391 bits per heavy atom. The molecule has 0 saturated heterocycles. The Hall–Kier alpha value is -5.41. The number of hydrogen-bond acceptors (Lipinski definition) is 2. The largest absolute Gasteiger partial charge is 0.354 e. The standard InChI is InChI=1S/C58H70N4Si2/c1-55(2,3)39-31-37(32-40(35-39)56(4,5)6)53-49-23-21-47(60-49)43(27-29-63(13,14)15)45-19-20-46(59-45)44(28-30-64(16,17)18)48-22-24-50(61-48)54(52-26-25-51(53)62-52)38-33-41(57(7,8)9)36-42(34-38)58(10,11)12/h19-26,31-36,60,62H,1-18H3. The van der Waals surface area contributed by atoms with Crippen molar-refractivity contribution in [1.82, 2.24) is 19.9 Å². The van der Waals surface area contributed by atoms with Crippen molar-refractivity contribution in [3.8, 4) is 45.2 Å². The Bertz CT molecular complexity index is 2980. The second kappa shape index (κ2) is 16.2. The molecule has 2 N–H and O–H groups in total. The molecule has 2 aliphatic heterocycles. The van der Waals surface area contributed by atoms with Crippen molar-refractivity contribution in [3.05, 3.63) is 117 Å². The van der Waals surface area contributed by atoms with Crippen molar-refractivity contribution in [2.24, 2.45) is 0 Å². The third-order valence-corrected chi connectivity index (χ3v) is 13.5. The lowest BCUT2D eigenvalue weighted by Crippen LogP contribution is -2.16. The molecule has 2 aliphatic rings. The van der Waals surface area contributed by atoms with Crippen LogP contribution in [0.5, 0.6) is 0 Å². The van der Waals surface area contributed by atoms with Crippen molar-refractivity contribution >= 4 is 62.5 Å². The first-order valence-corrected chi connectivity index (χ1v) is 30.0. The molecule has 0 spiro atoms. The van der Waals surface area contributed by atoms with E-state index in [9.17, 15) is 0 Å². The smallest absolute Gasteiger partial charge is 0.129 e. The lowest BCUT2D eigenvalue weighted by molar-refractivity contribution is 0.568. The second-order valence-corrected chi connectivity index (χ2v) is 33.6. The molecule has 3 aromatic heterocycles.